The zero-order chi connectivity index (χ0) is 17.0. The predicted molar refractivity (Wildman–Crippen MR) is 95.0 cm³/mol. The first kappa shape index (κ1) is 17.0. The van der Waals surface area contributed by atoms with Gasteiger partial charge in [-0.15, -0.1) is 0 Å². The van der Waals surface area contributed by atoms with E-state index >= 15 is 0 Å². The third-order valence-corrected chi connectivity index (χ3v) is 4.76. The summed E-state index contributed by atoms with van der Waals surface area (Å²) in [6, 6.07) is 15.5. The number of benzene rings is 2. The Hall–Kier alpha value is -1.88. The molecule has 24 heavy (non-hydrogen) atoms. The average molecular weight is 345 g/mol. The molecule has 0 heterocycles. The average Bonchev–Trinajstić information content (AvgIpc) is 2.99. The fourth-order valence-electron chi connectivity index (χ4n) is 3.12. The Morgan fingerprint density at radius 2 is 1.71 bits per heavy atom. The maximum atomic E-state index is 12.1. The highest BCUT2D eigenvalue weighted by Gasteiger charge is 2.36. The molecule has 0 atom stereocenters. The van der Waals surface area contributed by atoms with Gasteiger partial charge in [0.05, 0.1) is 13.2 Å². The zero-order valence-corrected chi connectivity index (χ0v) is 14.1. The van der Waals surface area contributed by atoms with Gasteiger partial charge in [0, 0.05) is 17.1 Å². The van der Waals surface area contributed by atoms with Crippen molar-refractivity contribution in [3.8, 4) is 0 Å². The second kappa shape index (κ2) is 7.34. The largest absolute Gasteiger partial charge is 0.394 e. The van der Waals surface area contributed by atoms with Gasteiger partial charge in [-0.2, -0.15) is 0 Å². The minimum atomic E-state index is -0.443. The molecule has 3 rings (SSSR count). The number of carbonyl (C=O) groups is 1. The van der Waals surface area contributed by atoms with Gasteiger partial charge in [-0.25, -0.2) is 0 Å². The molecule has 1 amide bonds. The fraction of sp³-hybridized carbons (Fsp3) is 0.316. The van der Waals surface area contributed by atoms with E-state index in [1.807, 2.05) is 24.3 Å². The Balaban J connectivity index is 1.51. The Kier molecular flexibility index (Phi) is 5.19. The van der Waals surface area contributed by atoms with E-state index in [0.717, 1.165) is 18.4 Å². The van der Waals surface area contributed by atoms with Crippen LogP contribution in [0.5, 0.6) is 0 Å². The summed E-state index contributed by atoms with van der Waals surface area (Å²) in [5, 5.41) is 16.6. The van der Waals surface area contributed by atoms with Crippen LogP contribution in [0.2, 0.25) is 5.02 Å². The first-order valence-electron chi connectivity index (χ1n) is 8.04. The molecule has 1 aliphatic rings. The van der Waals surface area contributed by atoms with Crippen LogP contribution >= 0.6 is 11.6 Å². The van der Waals surface area contributed by atoms with Crippen LogP contribution in [-0.4, -0.2) is 29.7 Å². The van der Waals surface area contributed by atoms with Gasteiger partial charge in [-0.05, 0) is 41.7 Å². The number of halogens is 1. The summed E-state index contributed by atoms with van der Waals surface area (Å²) in [7, 11) is 0. The monoisotopic (exact) mass is 344 g/mol. The maximum Gasteiger partial charge on any atom is 0.234 e. The molecular formula is C19H21ClN2O2. The molecule has 0 aliphatic heterocycles. The first-order chi connectivity index (χ1) is 11.6. The fourth-order valence-corrected chi connectivity index (χ4v) is 3.25. The first-order valence-corrected chi connectivity index (χ1v) is 8.42. The van der Waals surface area contributed by atoms with Crippen LogP contribution in [-0.2, 0) is 24.2 Å². The lowest BCUT2D eigenvalue weighted by Gasteiger charge is -2.28. The van der Waals surface area contributed by atoms with Crippen LogP contribution in [0.25, 0.3) is 0 Å². The molecule has 0 aromatic heterocycles. The predicted octanol–water partition coefficient (Wildman–Crippen LogP) is 2.08. The van der Waals surface area contributed by atoms with Gasteiger partial charge in [0.2, 0.25) is 5.91 Å². The van der Waals surface area contributed by atoms with Gasteiger partial charge in [-0.1, -0.05) is 48.0 Å². The summed E-state index contributed by atoms with van der Waals surface area (Å²) in [6.07, 6.45) is 1.48. The number of carbonyl (C=O) groups excluding carboxylic acids is 1. The molecule has 2 aromatic rings. The molecule has 3 N–H and O–H groups in total. The quantitative estimate of drug-likeness (QED) is 0.752. The summed E-state index contributed by atoms with van der Waals surface area (Å²) in [5.41, 5.74) is 3.03. The van der Waals surface area contributed by atoms with Gasteiger partial charge in [0.25, 0.3) is 0 Å². The molecule has 2 aromatic carbocycles. The van der Waals surface area contributed by atoms with Gasteiger partial charge < -0.3 is 15.7 Å². The molecule has 5 heteroatoms. The lowest BCUT2D eigenvalue weighted by molar-refractivity contribution is -0.120. The van der Waals surface area contributed by atoms with E-state index in [0.29, 0.717) is 11.6 Å². The highest BCUT2D eigenvalue weighted by molar-refractivity contribution is 6.30. The Morgan fingerprint density at radius 1 is 1.08 bits per heavy atom. The second-order valence-corrected chi connectivity index (χ2v) is 6.75. The lowest BCUT2D eigenvalue weighted by atomic mass is 9.97. The summed E-state index contributed by atoms with van der Waals surface area (Å²) in [4.78, 5) is 12.1. The van der Waals surface area contributed by atoms with Crippen molar-refractivity contribution < 1.29 is 9.90 Å². The van der Waals surface area contributed by atoms with Crippen LogP contribution in [0.15, 0.2) is 48.5 Å². The minimum Gasteiger partial charge on any atom is -0.394 e. The van der Waals surface area contributed by atoms with Crippen molar-refractivity contribution in [1.29, 1.82) is 0 Å². The van der Waals surface area contributed by atoms with Crippen molar-refractivity contribution in [2.24, 2.45) is 0 Å². The number of rotatable bonds is 6. The number of nitrogens with one attached hydrogen (secondary N) is 2. The summed E-state index contributed by atoms with van der Waals surface area (Å²) in [6.45, 7) is 0.651. The molecule has 0 radical (unpaired) electrons. The van der Waals surface area contributed by atoms with Crippen molar-refractivity contribution in [2.75, 3.05) is 13.2 Å². The highest BCUT2D eigenvalue weighted by atomic mass is 35.5. The third kappa shape index (κ3) is 3.96. The molecule has 0 saturated carbocycles. The van der Waals surface area contributed by atoms with Gasteiger partial charge >= 0.3 is 0 Å². The lowest BCUT2D eigenvalue weighted by Crippen LogP contribution is -2.52. The molecule has 0 spiro atoms. The summed E-state index contributed by atoms with van der Waals surface area (Å²) in [5.74, 6) is -0.0891. The smallest absolute Gasteiger partial charge is 0.234 e. The van der Waals surface area contributed by atoms with E-state index < -0.39 is 5.54 Å². The molecule has 1 aliphatic carbocycles. The van der Waals surface area contributed by atoms with Crippen molar-refractivity contribution in [3.63, 3.8) is 0 Å². The van der Waals surface area contributed by atoms with E-state index in [1.165, 1.54) is 11.1 Å². The van der Waals surface area contributed by atoms with Crippen molar-refractivity contribution >= 4 is 17.5 Å². The molecule has 0 unspecified atom stereocenters. The number of hydrogen-bond donors (Lipinski definition) is 3. The number of aliphatic hydroxyl groups is 1. The van der Waals surface area contributed by atoms with Crippen LogP contribution < -0.4 is 10.6 Å². The molecule has 0 saturated heterocycles. The third-order valence-electron chi connectivity index (χ3n) is 4.51. The molecule has 4 nitrogen and oxygen atoms in total. The molecule has 126 valence electrons. The zero-order valence-electron chi connectivity index (χ0n) is 13.4. The molecular weight excluding hydrogens is 324 g/mol. The standard InChI is InChI=1S/C19H21ClN2O2/c20-17-7-5-14(6-8-17)11-21-18(24)12-22-19(13-23)9-15-3-1-2-4-16(15)10-19/h1-8,22-23H,9-13H2,(H,21,24). The minimum absolute atomic E-state index is 0.00610. The van der Waals surface area contributed by atoms with Crippen molar-refractivity contribution in [1.82, 2.24) is 10.6 Å². The van der Waals surface area contributed by atoms with E-state index in [1.54, 1.807) is 12.1 Å². The maximum absolute atomic E-state index is 12.1. The summed E-state index contributed by atoms with van der Waals surface area (Å²) >= 11 is 5.85. The van der Waals surface area contributed by atoms with Gasteiger partial charge in [-0.3, -0.25) is 4.79 Å². The number of aliphatic hydroxyl groups excluding tert-OH is 1. The van der Waals surface area contributed by atoms with E-state index in [2.05, 4.69) is 22.8 Å². The van der Waals surface area contributed by atoms with Crippen molar-refractivity contribution in [2.45, 2.75) is 24.9 Å². The SMILES string of the molecule is O=C(CNC1(CO)Cc2ccccc2C1)NCc1ccc(Cl)cc1. The van der Waals surface area contributed by atoms with Crippen LogP contribution in [0.1, 0.15) is 16.7 Å². The number of fused-ring (bicyclic) bond motifs is 1. The Morgan fingerprint density at radius 3 is 2.29 bits per heavy atom. The van der Waals surface area contributed by atoms with E-state index in [9.17, 15) is 9.90 Å². The molecule has 0 bridgehead atoms. The number of hydrogen-bond acceptors (Lipinski definition) is 3. The Bertz CT molecular complexity index is 691. The Labute approximate surface area is 146 Å². The summed E-state index contributed by atoms with van der Waals surface area (Å²) < 4.78 is 0. The second-order valence-electron chi connectivity index (χ2n) is 6.32. The van der Waals surface area contributed by atoms with Crippen LogP contribution in [0, 0.1) is 0 Å². The van der Waals surface area contributed by atoms with E-state index in [4.69, 9.17) is 11.6 Å². The van der Waals surface area contributed by atoms with Crippen LogP contribution in [0.4, 0.5) is 0 Å². The molecule has 0 fully saturated rings. The normalized spacial score (nSPS) is 15.1. The van der Waals surface area contributed by atoms with Crippen molar-refractivity contribution in [3.05, 3.63) is 70.2 Å². The number of amides is 1. The van der Waals surface area contributed by atoms with Gasteiger partial charge in [0.1, 0.15) is 0 Å². The van der Waals surface area contributed by atoms with Gasteiger partial charge in [0.15, 0.2) is 0 Å². The van der Waals surface area contributed by atoms with E-state index in [-0.39, 0.29) is 19.1 Å². The topological polar surface area (TPSA) is 61.4 Å². The van der Waals surface area contributed by atoms with Crippen LogP contribution in [0.3, 0.4) is 0 Å². The highest BCUT2D eigenvalue weighted by Crippen LogP contribution is 2.29.